The Hall–Kier alpha value is -2.00. The fourth-order valence-corrected chi connectivity index (χ4v) is 1.52. The Morgan fingerprint density at radius 1 is 1.39 bits per heavy atom. The van der Waals surface area contributed by atoms with Gasteiger partial charge in [-0.3, -0.25) is 10.1 Å². The van der Waals surface area contributed by atoms with Crippen molar-refractivity contribution in [2.75, 3.05) is 43.6 Å². The monoisotopic (exact) mass is 257 g/mol. The van der Waals surface area contributed by atoms with Gasteiger partial charge in [0.15, 0.2) is 0 Å². The summed E-state index contributed by atoms with van der Waals surface area (Å²) in [5.74, 6) is 0.160. The van der Waals surface area contributed by atoms with E-state index in [1.165, 1.54) is 18.3 Å². The summed E-state index contributed by atoms with van der Waals surface area (Å²) in [4.78, 5) is 19.5. The molecule has 0 amide bonds. The van der Waals surface area contributed by atoms with Crippen LogP contribution in [0.5, 0.6) is 0 Å². The maximum absolute atomic E-state index is 11.0. The van der Waals surface area contributed by atoms with Crippen molar-refractivity contribution in [3.05, 3.63) is 16.4 Å². The van der Waals surface area contributed by atoms with Gasteiger partial charge in [0, 0.05) is 20.1 Å². The number of nitrogens with zero attached hydrogens (tertiary/aromatic N) is 4. The van der Waals surface area contributed by atoms with Gasteiger partial charge in [0.2, 0.25) is 11.6 Å². The summed E-state index contributed by atoms with van der Waals surface area (Å²) in [6.07, 6.45) is 1.19. The van der Waals surface area contributed by atoms with Crippen LogP contribution in [0, 0.1) is 10.1 Å². The van der Waals surface area contributed by atoms with Crippen LogP contribution in [-0.2, 0) is 0 Å². The Labute approximate surface area is 103 Å². The summed E-state index contributed by atoms with van der Waals surface area (Å²) in [6.45, 7) is -0.116. The van der Waals surface area contributed by atoms with Crippen LogP contribution in [0.2, 0.25) is 0 Å². The van der Waals surface area contributed by atoms with Gasteiger partial charge in [-0.05, 0) is 0 Å². The number of hydrogen-bond donors (Lipinski definition) is 3. The second-order valence-corrected chi connectivity index (χ2v) is 3.34. The number of rotatable bonds is 7. The number of nitro groups is 1. The molecule has 0 atom stereocenters. The van der Waals surface area contributed by atoms with Gasteiger partial charge >= 0.3 is 5.69 Å². The highest BCUT2D eigenvalue weighted by Crippen LogP contribution is 2.30. The Morgan fingerprint density at radius 3 is 2.44 bits per heavy atom. The molecule has 1 heterocycles. The molecule has 0 aromatic carbocycles. The van der Waals surface area contributed by atoms with Gasteiger partial charge in [0.25, 0.3) is 0 Å². The van der Waals surface area contributed by atoms with E-state index in [2.05, 4.69) is 15.3 Å². The van der Waals surface area contributed by atoms with Crippen molar-refractivity contribution in [1.82, 2.24) is 9.97 Å². The van der Waals surface area contributed by atoms with Crippen LogP contribution in [0.25, 0.3) is 0 Å². The average Bonchev–Trinajstić information content (AvgIpc) is 2.37. The van der Waals surface area contributed by atoms with E-state index in [1.54, 1.807) is 0 Å². The number of aliphatic hydroxyl groups is 2. The Kier molecular flexibility index (Phi) is 5.21. The SMILES string of the molecule is CNc1ncnc(N(CCO)CCO)c1[N+](=O)[O-]. The predicted octanol–water partition coefficient (Wildman–Crippen LogP) is -0.782. The predicted molar refractivity (Wildman–Crippen MR) is 64.6 cm³/mol. The molecular formula is C9H15N5O4. The van der Waals surface area contributed by atoms with Crippen LogP contribution in [0.15, 0.2) is 6.33 Å². The fourth-order valence-electron chi connectivity index (χ4n) is 1.52. The number of hydrogen-bond acceptors (Lipinski definition) is 8. The normalized spacial score (nSPS) is 10.2. The van der Waals surface area contributed by atoms with Crippen LogP contribution in [0.1, 0.15) is 0 Å². The maximum Gasteiger partial charge on any atom is 0.353 e. The van der Waals surface area contributed by atoms with Gasteiger partial charge in [-0.2, -0.15) is 0 Å². The Balaban J connectivity index is 3.23. The number of anilines is 2. The molecule has 0 fully saturated rings. The smallest absolute Gasteiger partial charge is 0.353 e. The summed E-state index contributed by atoms with van der Waals surface area (Å²) >= 11 is 0. The van der Waals surface area contributed by atoms with Crippen molar-refractivity contribution in [3.8, 4) is 0 Å². The number of nitrogens with one attached hydrogen (secondary N) is 1. The Bertz CT molecular complexity index is 408. The summed E-state index contributed by atoms with van der Waals surface area (Å²) in [5.41, 5.74) is -0.276. The molecule has 0 saturated heterocycles. The molecule has 18 heavy (non-hydrogen) atoms. The standard InChI is InChI=1S/C9H15N5O4/c1-10-8-7(14(17)18)9(12-6-11-8)13(2-4-15)3-5-16/h6,15-16H,2-5H2,1H3,(H,10,11,12). The molecule has 1 aromatic heterocycles. The van der Waals surface area contributed by atoms with Gasteiger partial charge < -0.3 is 20.4 Å². The highest BCUT2D eigenvalue weighted by atomic mass is 16.6. The molecule has 1 rings (SSSR count). The lowest BCUT2D eigenvalue weighted by molar-refractivity contribution is -0.383. The third-order valence-corrected chi connectivity index (χ3v) is 2.26. The highest BCUT2D eigenvalue weighted by Gasteiger charge is 2.25. The van der Waals surface area contributed by atoms with Gasteiger partial charge in [-0.25, -0.2) is 9.97 Å². The van der Waals surface area contributed by atoms with Crippen LogP contribution in [-0.4, -0.2) is 58.5 Å². The quantitative estimate of drug-likeness (QED) is 0.429. The van der Waals surface area contributed by atoms with Crippen LogP contribution >= 0.6 is 0 Å². The molecule has 0 aliphatic carbocycles. The van der Waals surface area contributed by atoms with Gasteiger partial charge in [0.05, 0.1) is 18.1 Å². The van der Waals surface area contributed by atoms with Crippen LogP contribution in [0.3, 0.4) is 0 Å². The molecule has 0 bridgehead atoms. The summed E-state index contributed by atoms with van der Waals surface area (Å²) < 4.78 is 0. The van der Waals surface area contributed by atoms with Crippen molar-refractivity contribution in [2.24, 2.45) is 0 Å². The molecule has 100 valence electrons. The molecular weight excluding hydrogens is 242 g/mol. The van der Waals surface area contributed by atoms with E-state index in [0.717, 1.165) is 0 Å². The molecule has 0 saturated carbocycles. The van der Waals surface area contributed by atoms with Crippen molar-refractivity contribution >= 4 is 17.3 Å². The van der Waals surface area contributed by atoms with Crippen molar-refractivity contribution in [3.63, 3.8) is 0 Å². The molecule has 0 aliphatic heterocycles. The Morgan fingerprint density at radius 2 is 2.00 bits per heavy atom. The lowest BCUT2D eigenvalue weighted by Gasteiger charge is -2.21. The van der Waals surface area contributed by atoms with E-state index in [0.29, 0.717) is 0 Å². The molecule has 9 heteroatoms. The van der Waals surface area contributed by atoms with Gasteiger partial charge in [-0.1, -0.05) is 0 Å². The summed E-state index contributed by atoms with van der Waals surface area (Å²) in [5, 5.41) is 31.5. The first kappa shape index (κ1) is 14.1. The first-order valence-electron chi connectivity index (χ1n) is 5.29. The van der Waals surface area contributed by atoms with E-state index in [1.807, 2.05) is 0 Å². The van der Waals surface area contributed by atoms with E-state index in [9.17, 15) is 10.1 Å². The molecule has 0 aliphatic rings. The molecule has 0 unspecified atom stereocenters. The second-order valence-electron chi connectivity index (χ2n) is 3.34. The molecule has 0 radical (unpaired) electrons. The summed E-state index contributed by atoms with van der Waals surface area (Å²) in [6, 6.07) is 0. The lowest BCUT2D eigenvalue weighted by Crippen LogP contribution is -2.31. The third kappa shape index (κ3) is 3.02. The zero-order chi connectivity index (χ0) is 13.5. The fraction of sp³-hybridized carbons (Fsp3) is 0.556. The first-order valence-corrected chi connectivity index (χ1v) is 5.29. The number of aliphatic hydroxyl groups excluding tert-OH is 2. The zero-order valence-corrected chi connectivity index (χ0v) is 9.91. The molecule has 0 spiro atoms. The largest absolute Gasteiger partial charge is 0.395 e. The summed E-state index contributed by atoms with van der Waals surface area (Å²) in [7, 11) is 1.52. The van der Waals surface area contributed by atoms with E-state index in [-0.39, 0.29) is 43.6 Å². The van der Waals surface area contributed by atoms with Crippen molar-refractivity contribution in [1.29, 1.82) is 0 Å². The maximum atomic E-state index is 11.0. The molecule has 3 N–H and O–H groups in total. The second kappa shape index (κ2) is 6.67. The highest BCUT2D eigenvalue weighted by molar-refractivity contribution is 5.70. The number of aromatic nitrogens is 2. The first-order chi connectivity index (χ1) is 8.65. The van der Waals surface area contributed by atoms with Crippen LogP contribution in [0.4, 0.5) is 17.3 Å². The van der Waals surface area contributed by atoms with Crippen molar-refractivity contribution < 1.29 is 15.1 Å². The topological polar surface area (TPSA) is 125 Å². The van der Waals surface area contributed by atoms with E-state index >= 15 is 0 Å². The minimum absolute atomic E-state index is 0.0717. The minimum Gasteiger partial charge on any atom is -0.395 e. The van der Waals surface area contributed by atoms with E-state index < -0.39 is 4.92 Å². The van der Waals surface area contributed by atoms with Crippen molar-refractivity contribution in [2.45, 2.75) is 0 Å². The van der Waals surface area contributed by atoms with E-state index in [4.69, 9.17) is 10.2 Å². The molecule has 1 aromatic rings. The minimum atomic E-state index is -0.594. The van der Waals surface area contributed by atoms with Crippen LogP contribution < -0.4 is 10.2 Å². The van der Waals surface area contributed by atoms with Gasteiger partial charge in [-0.15, -0.1) is 0 Å². The average molecular weight is 257 g/mol. The third-order valence-electron chi connectivity index (χ3n) is 2.26. The lowest BCUT2D eigenvalue weighted by atomic mass is 10.3. The molecule has 9 nitrogen and oxygen atoms in total. The zero-order valence-electron chi connectivity index (χ0n) is 9.91. The van der Waals surface area contributed by atoms with Gasteiger partial charge in [0.1, 0.15) is 6.33 Å².